The summed E-state index contributed by atoms with van der Waals surface area (Å²) in [5, 5.41) is 2.69. The normalized spacial score (nSPS) is 10.6. The largest absolute Gasteiger partial charge is 0.493 e. The van der Waals surface area contributed by atoms with Gasteiger partial charge in [0, 0.05) is 19.2 Å². The number of aromatic nitrogens is 2. The van der Waals surface area contributed by atoms with Crippen LogP contribution in [-0.4, -0.2) is 35.6 Å². The van der Waals surface area contributed by atoms with Crippen LogP contribution < -0.4 is 15.8 Å². The fraction of sp³-hybridized carbons (Fsp3) is 0.385. The third-order valence-corrected chi connectivity index (χ3v) is 2.64. The van der Waals surface area contributed by atoms with E-state index in [-0.39, 0.29) is 5.91 Å². The number of nitrogens with zero attached hydrogens (tertiary/aromatic N) is 1. The van der Waals surface area contributed by atoms with Gasteiger partial charge in [0.05, 0.1) is 24.1 Å². The van der Waals surface area contributed by atoms with Gasteiger partial charge in [0.1, 0.15) is 11.6 Å². The van der Waals surface area contributed by atoms with Crippen molar-refractivity contribution in [3.8, 4) is 5.75 Å². The minimum atomic E-state index is -0.0519. The van der Waals surface area contributed by atoms with Gasteiger partial charge in [-0.1, -0.05) is 0 Å². The van der Waals surface area contributed by atoms with E-state index >= 15 is 0 Å². The lowest BCUT2D eigenvalue weighted by Gasteiger charge is -2.06. The van der Waals surface area contributed by atoms with E-state index in [0.29, 0.717) is 26.1 Å². The zero-order valence-electron chi connectivity index (χ0n) is 10.9. The zero-order valence-corrected chi connectivity index (χ0v) is 10.9. The summed E-state index contributed by atoms with van der Waals surface area (Å²) in [6.07, 6.45) is 0.319. The SMILES string of the molecule is Cc1nc2ccc(OCCC(=O)NCCN)cc2[nH]1. The van der Waals surface area contributed by atoms with E-state index in [4.69, 9.17) is 10.5 Å². The first-order valence-electron chi connectivity index (χ1n) is 6.25. The Morgan fingerprint density at radius 1 is 1.53 bits per heavy atom. The van der Waals surface area contributed by atoms with Crippen LogP contribution in [0, 0.1) is 6.92 Å². The smallest absolute Gasteiger partial charge is 0.223 e. The highest BCUT2D eigenvalue weighted by atomic mass is 16.5. The number of carbonyl (C=O) groups is 1. The van der Waals surface area contributed by atoms with Crippen molar-refractivity contribution in [2.24, 2.45) is 5.73 Å². The van der Waals surface area contributed by atoms with E-state index in [9.17, 15) is 4.79 Å². The van der Waals surface area contributed by atoms with Gasteiger partial charge in [0.2, 0.25) is 5.91 Å². The summed E-state index contributed by atoms with van der Waals surface area (Å²) in [5.74, 6) is 1.54. The van der Waals surface area contributed by atoms with Crippen molar-refractivity contribution in [2.45, 2.75) is 13.3 Å². The Kier molecular flexibility index (Phi) is 4.35. The van der Waals surface area contributed by atoms with Gasteiger partial charge in [0.15, 0.2) is 0 Å². The van der Waals surface area contributed by atoms with Gasteiger partial charge in [-0.25, -0.2) is 4.98 Å². The second kappa shape index (κ2) is 6.19. The molecule has 0 atom stereocenters. The van der Waals surface area contributed by atoms with Crippen LogP contribution in [0.2, 0.25) is 0 Å². The predicted molar refractivity (Wildman–Crippen MR) is 73.0 cm³/mol. The van der Waals surface area contributed by atoms with E-state index in [1.165, 1.54) is 0 Å². The molecule has 1 aromatic carbocycles. The molecule has 0 bridgehead atoms. The lowest BCUT2D eigenvalue weighted by molar-refractivity contribution is -0.121. The van der Waals surface area contributed by atoms with Crippen LogP contribution in [0.5, 0.6) is 5.75 Å². The third-order valence-electron chi connectivity index (χ3n) is 2.64. The van der Waals surface area contributed by atoms with Crippen LogP contribution in [0.1, 0.15) is 12.2 Å². The number of benzene rings is 1. The van der Waals surface area contributed by atoms with Crippen LogP contribution in [0.4, 0.5) is 0 Å². The molecule has 1 amide bonds. The van der Waals surface area contributed by atoms with Crippen molar-refractivity contribution in [3.63, 3.8) is 0 Å². The molecule has 2 aromatic rings. The Labute approximate surface area is 111 Å². The molecule has 6 nitrogen and oxygen atoms in total. The maximum absolute atomic E-state index is 11.3. The molecule has 0 fully saturated rings. The number of H-pyrrole nitrogens is 1. The first-order valence-corrected chi connectivity index (χ1v) is 6.25. The summed E-state index contributed by atoms with van der Waals surface area (Å²) in [7, 11) is 0. The number of nitrogens with one attached hydrogen (secondary N) is 2. The molecule has 6 heteroatoms. The van der Waals surface area contributed by atoms with Crippen LogP contribution in [-0.2, 0) is 4.79 Å². The Morgan fingerprint density at radius 2 is 2.37 bits per heavy atom. The first-order chi connectivity index (χ1) is 9.19. The number of nitrogens with two attached hydrogens (primary N) is 1. The van der Waals surface area contributed by atoms with E-state index < -0.39 is 0 Å². The van der Waals surface area contributed by atoms with Gasteiger partial charge < -0.3 is 20.8 Å². The standard InChI is InChI=1S/C13H18N4O2/c1-9-16-11-3-2-10(8-12(11)17-9)19-7-4-13(18)15-6-5-14/h2-3,8H,4-7,14H2,1H3,(H,15,18)(H,16,17). The molecular formula is C13H18N4O2. The molecule has 1 heterocycles. The van der Waals surface area contributed by atoms with Crippen LogP contribution in [0.25, 0.3) is 11.0 Å². The molecule has 2 rings (SSSR count). The summed E-state index contributed by atoms with van der Waals surface area (Å²) >= 11 is 0. The topological polar surface area (TPSA) is 93.0 Å². The molecular weight excluding hydrogens is 244 g/mol. The lowest BCUT2D eigenvalue weighted by atomic mass is 10.3. The molecule has 0 saturated heterocycles. The Hall–Kier alpha value is -2.08. The van der Waals surface area contributed by atoms with Gasteiger partial charge in [-0.3, -0.25) is 4.79 Å². The van der Waals surface area contributed by atoms with Crippen molar-refractivity contribution in [1.82, 2.24) is 15.3 Å². The number of carbonyl (C=O) groups excluding carboxylic acids is 1. The molecule has 1 aromatic heterocycles. The van der Waals surface area contributed by atoms with Gasteiger partial charge in [-0.05, 0) is 19.1 Å². The molecule has 4 N–H and O–H groups in total. The monoisotopic (exact) mass is 262 g/mol. The second-order valence-corrected chi connectivity index (χ2v) is 4.24. The fourth-order valence-corrected chi connectivity index (χ4v) is 1.77. The Morgan fingerprint density at radius 3 is 3.16 bits per heavy atom. The Bertz CT molecular complexity index is 565. The molecule has 19 heavy (non-hydrogen) atoms. The van der Waals surface area contributed by atoms with Crippen LogP contribution >= 0.6 is 0 Å². The number of hydrogen-bond donors (Lipinski definition) is 3. The molecule has 0 aliphatic heterocycles. The van der Waals surface area contributed by atoms with Gasteiger partial charge in [-0.2, -0.15) is 0 Å². The average Bonchev–Trinajstić information content (AvgIpc) is 2.75. The van der Waals surface area contributed by atoms with Gasteiger partial charge >= 0.3 is 0 Å². The molecule has 0 spiro atoms. The molecule has 0 aliphatic carbocycles. The van der Waals surface area contributed by atoms with Crippen LogP contribution in [0.3, 0.4) is 0 Å². The number of aromatic amines is 1. The van der Waals surface area contributed by atoms with E-state index in [1.807, 2.05) is 25.1 Å². The summed E-state index contributed by atoms with van der Waals surface area (Å²) in [6.45, 7) is 3.19. The van der Waals surface area contributed by atoms with E-state index in [0.717, 1.165) is 22.6 Å². The maximum atomic E-state index is 11.3. The molecule has 0 radical (unpaired) electrons. The highest BCUT2D eigenvalue weighted by Gasteiger charge is 2.03. The van der Waals surface area contributed by atoms with E-state index in [2.05, 4.69) is 15.3 Å². The number of aryl methyl sites for hydroxylation is 1. The molecule has 0 unspecified atom stereocenters. The summed E-state index contributed by atoms with van der Waals surface area (Å²) in [6, 6.07) is 5.62. The van der Waals surface area contributed by atoms with Crippen molar-refractivity contribution in [1.29, 1.82) is 0 Å². The maximum Gasteiger partial charge on any atom is 0.223 e. The quantitative estimate of drug-likeness (QED) is 0.715. The summed E-state index contributed by atoms with van der Waals surface area (Å²) in [5.41, 5.74) is 7.14. The number of ether oxygens (including phenoxy) is 1. The first kappa shape index (κ1) is 13.4. The van der Waals surface area contributed by atoms with E-state index in [1.54, 1.807) is 0 Å². The lowest BCUT2D eigenvalue weighted by Crippen LogP contribution is -2.29. The van der Waals surface area contributed by atoms with Crippen LogP contribution in [0.15, 0.2) is 18.2 Å². The number of amides is 1. The Balaban J connectivity index is 1.86. The summed E-state index contributed by atoms with van der Waals surface area (Å²) in [4.78, 5) is 18.8. The number of fused-ring (bicyclic) bond motifs is 1. The highest BCUT2D eigenvalue weighted by Crippen LogP contribution is 2.18. The molecule has 0 aliphatic rings. The van der Waals surface area contributed by atoms with Crippen molar-refractivity contribution >= 4 is 16.9 Å². The third kappa shape index (κ3) is 3.69. The number of hydrogen-bond acceptors (Lipinski definition) is 4. The van der Waals surface area contributed by atoms with Crippen molar-refractivity contribution in [3.05, 3.63) is 24.0 Å². The van der Waals surface area contributed by atoms with Gasteiger partial charge in [0.25, 0.3) is 0 Å². The molecule has 102 valence electrons. The van der Waals surface area contributed by atoms with Gasteiger partial charge in [-0.15, -0.1) is 0 Å². The second-order valence-electron chi connectivity index (χ2n) is 4.24. The predicted octanol–water partition coefficient (Wildman–Crippen LogP) is 0.715. The minimum absolute atomic E-state index is 0.0519. The number of rotatable bonds is 6. The average molecular weight is 262 g/mol. The van der Waals surface area contributed by atoms with Crippen molar-refractivity contribution < 1.29 is 9.53 Å². The highest BCUT2D eigenvalue weighted by molar-refractivity contribution is 5.77. The summed E-state index contributed by atoms with van der Waals surface area (Å²) < 4.78 is 5.53. The fourth-order valence-electron chi connectivity index (χ4n) is 1.77. The zero-order chi connectivity index (χ0) is 13.7. The minimum Gasteiger partial charge on any atom is -0.493 e. The molecule has 0 saturated carbocycles. The van der Waals surface area contributed by atoms with Crippen molar-refractivity contribution in [2.75, 3.05) is 19.7 Å². The number of imidazole rings is 1.